The maximum absolute atomic E-state index is 11.7. The van der Waals surface area contributed by atoms with Crippen molar-refractivity contribution >= 4 is 53.4 Å². The number of amides is 1. The normalized spacial score (nSPS) is 11.8. The first-order chi connectivity index (χ1) is 14.1. The van der Waals surface area contributed by atoms with Crippen LogP contribution in [0.1, 0.15) is 90.9 Å². The minimum atomic E-state index is -1.19. The fourth-order valence-electron chi connectivity index (χ4n) is 2.51. The second-order valence-electron chi connectivity index (χ2n) is 7.32. The predicted molar refractivity (Wildman–Crippen MR) is 120 cm³/mol. The number of unbranched alkanes of at least 4 members (excludes halogenated alkanes) is 8. The smallest absolute Gasteiger partial charge is 0.326 e. The summed E-state index contributed by atoms with van der Waals surface area (Å²) in [6, 6.07) is -1.54. The van der Waals surface area contributed by atoms with Crippen molar-refractivity contribution in [1.29, 1.82) is 0 Å². The van der Waals surface area contributed by atoms with Crippen molar-refractivity contribution < 1.29 is 34.5 Å². The van der Waals surface area contributed by atoms with Crippen LogP contribution in [0.3, 0.4) is 0 Å². The number of likely N-dealkylation sites (N-methyl/N-ethyl adjacent to an activating group) is 1. The molecular weight excluding hydrogens is 415 g/mol. The molecule has 0 aliphatic heterocycles. The van der Waals surface area contributed by atoms with Gasteiger partial charge in [0, 0.05) is 42.4 Å². The molecule has 2 atom stereocenters. The fourth-order valence-corrected chi connectivity index (χ4v) is 2.51. The number of carboxylic acids is 3. The summed E-state index contributed by atoms with van der Waals surface area (Å²) in [5.41, 5.74) is 0. The van der Waals surface area contributed by atoms with E-state index in [1.54, 1.807) is 14.0 Å². The van der Waals surface area contributed by atoms with E-state index < -0.39 is 30.0 Å². The van der Waals surface area contributed by atoms with Gasteiger partial charge in [-0.25, -0.2) is 4.79 Å². The first kappa shape index (κ1) is 34.5. The summed E-state index contributed by atoms with van der Waals surface area (Å²) in [7, 11) is 1.61. The maximum Gasteiger partial charge on any atom is 0.326 e. The van der Waals surface area contributed by atoms with E-state index in [-0.39, 0.29) is 48.3 Å². The second-order valence-corrected chi connectivity index (χ2v) is 7.32. The van der Waals surface area contributed by atoms with Crippen LogP contribution in [0.15, 0.2) is 0 Å². The van der Waals surface area contributed by atoms with Crippen molar-refractivity contribution in [3.8, 4) is 0 Å². The van der Waals surface area contributed by atoms with E-state index in [1.807, 2.05) is 0 Å². The topological polar surface area (TPSA) is 153 Å². The Morgan fingerprint density at radius 3 is 1.61 bits per heavy atom. The minimum Gasteiger partial charge on any atom is -0.481 e. The molecule has 5 N–H and O–H groups in total. The van der Waals surface area contributed by atoms with Gasteiger partial charge < -0.3 is 26.0 Å². The summed E-state index contributed by atoms with van der Waals surface area (Å²) in [4.78, 5) is 43.0. The van der Waals surface area contributed by atoms with E-state index in [0.29, 0.717) is 6.42 Å². The summed E-state index contributed by atoms with van der Waals surface area (Å²) < 4.78 is 0. The van der Waals surface area contributed by atoms with E-state index in [4.69, 9.17) is 15.3 Å². The third-order valence-electron chi connectivity index (χ3n) is 4.59. The maximum atomic E-state index is 11.7. The van der Waals surface area contributed by atoms with Gasteiger partial charge >= 0.3 is 17.9 Å². The number of hydrogen-bond donors (Lipinski definition) is 5. The molecule has 1 amide bonds. The van der Waals surface area contributed by atoms with Gasteiger partial charge in [0.25, 0.3) is 0 Å². The molecule has 0 aliphatic carbocycles. The largest absolute Gasteiger partial charge is 0.481 e. The zero-order valence-electron chi connectivity index (χ0n) is 19.6. The van der Waals surface area contributed by atoms with E-state index in [0.717, 1.165) is 19.3 Å². The molecule has 1 radical (unpaired) electrons. The van der Waals surface area contributed by atoms with Crippen LogP contribution in [0, 0.1) is 0 Å². The molecule has 31 heavy (non-hydrogen) atoms. The summed E-state index contributed by atoms with van der Waals surface area (Å²) >= 11 is 0. The molecule has 177 valence electrons. The Balaban J connectivity index is -0.000000840. The first-order valence-electron chi connectivity index (χ1n) is 10.8. The summed E-state index contributed by atoms with van der Waals surface area (Å²) in [5, 5.41) is 30.6. The molecule has 0 fully saturated rings. The Morgan fingerprint density at radius 1 is 0.774 bits per heavy atom. The molecule has 0 spiro atoms. The zero-order valence-corrected chi connectivity index (χ0v) is 21.6. The van der Waals surface area contributed by atoms with E-state index in [2.05, 4.69) is 17.6 Å². The standard InChI is InChI=1S/C17H31NO5.C4H9NO2.Na/c1-2-3-4-5-6-7-8-9-10-11-15(19)18-14(17(22)23)12-13-16(20)21;1-3(5-2)4(6)7;/h14H,2-13H2,1H3,(H,18,19)(H,20,21)(H,22,23);3,5H,1-2H3,(H,6,7);/t14-;3-;/m00./s1. The molecular formula is C21H40N2NaO7. The SMILES string of the molecule is CCCCCCCCCCCC(=O)N[C@@H](CCC(=O)O)C(=O)O.CN[C@@H](C)C(=O)O.[Na]. The van der Waals surface area contributed by atoms with Crippen molar-refractivity contribution in [1.82, 2.24) is 10.6 Å². The summed E-state index contributed by atoms with van der Waals surface area (Å²) in [5.74, 6) is -3.38. The third kappa shape index (κ3) is 25.0. The van der Waals surface area contributed by atoms with Gasteiger partial charge in [0.15, 0.2) is 0 Å². The number of hydrogen-bond acceptors (Lipinski definition) is 5. The van der Waals surface area contributed by atoms with E-state index in [1.165, 1.54) is 38.5 Å². The quantitative estimate of drug-likeness (QED) is 0.166. The van der Waals surface area contributed by atoms with E-state index in [9.17, 15) is 19.2 Å². The van der Waals surface area contributed by atoms with Gasteiger partial charge in [-0.3, -0.25) is 14.4 Å². The van der Waals surface area contributed by atoms with Gasteiger partial charge in [0.1, 0.15) is 12.1 Å². The Bertz CT molecular complexity index is 504. The van der Waals surface area contributed by atoms with Crippen LogP contribution in [-0.2, 0) is 19.2 Å². The van der Waals surface area contributed by atoms with Gasteiger partial charge in [-0.15, -0.1) is 0 Å². The first-order valence-corrected chi connectivity index (χ1v) is 10.8. The third-order valence-corrected chi connectivity index (χ3v) is 4.59. The van der Waals surface area contributed by atoms with Crippen LogP contribution >= 0.6 is 0 Å². The van der Waals surface area contributed by atoms with Crippen molar-refractivity contribution in [2.45, 2.75) is 103 Å². The Labute approximate surface area is 208 Å². The van der Waals surface area contributed by atoms with Crippen LogP contribution in [0.25, 0.3) is 0 Å². The molecule has 9 nitrogen and oxygen atoms in total. The molecule has 0 saturated carbocycles. The number of aliphatic carboxylic acids is 3. The van der Waals surface area contributed by atoms with Crippen LogP contribution in [-0.4, -0.2) is 87.8 Å². The minimum absolute atomic E-state index is 0. The molecule has 0 unspecified atom stereocenters. The number of nitrogens with one attached hydrogen (secondary N) is 2. The van der Waals surface area contributed by atoms with E-state index >= 15 is 0 Å². The van der Waals surface area contributed by atoms with Gasteiger partial charge in [-0.05, 0) is 26.8 Å². The Morgan fingerprint density at radius 2 is 1.26 bits per heavy atom. The second kappa shape index (κ2) is 23.5. The van der Waals surface area contributed by atoms with Crippen LogP contribution in [0.4, 0.5) is 0 Å². The molecule has 0 aliphatic rings. The molecule has 0 rings (SSSR count). The van der Waals surface area contributed by atoms with Crippen molar-refractivity contribution in [3.63, 3.8) is 0 Å². The molecule has 10 heteroatoms. The predicted octanol–water partition coefficient (Wildman–Crippen LogP) is 2.64. The fraction of sp³-hybridized carbons (Fsp3) is 0.810. The van der Waals surface area contributed by atoms with Gasteiger partial charge in [-0.2, -0.15) is 0 Å². The molecule has 0 aromatic heterocycles. The number of carboxylic acid groups (broad SMARTS) is 3. The number of rotatable bonds is 17. The number of carbonyl (C=O) groups excluding carboxylic acids is 1. The Hall–Kier alpha value is -1.16. The average molecular weight is 456 g/mol. The van der Waals surface area contributed by atoms with Crippen LogP contribution in [0.2, 0.25) is 0 Å². The molecule has 0 aromatic carbocycles. The average Bonchev–Trinajstić information content (AvgIpc) is 2.69. The number of carbonyl (C=O) groups is 4. The van der Waals surface area contributed by atoms with Crippen LogP contribution < -0.4 is 10.6 Å². The monoisotopic (exact) mass is 455 g/mol. The van der Waals surface area contributed by atoms with Crippen LogP contribution in [0.5, 0.6) is 0 Å². The zero-order chi connectivity index (χ0) is 23.4. The van der Waals surface area contributed by atoms with Gasteiger partial charge in [0.2, 0.25) is 5.91 Å². The van der Waals surface area contributed by atoms with Gasteiger partial charge in [-0.1, -0.05) is 58.3 Å². The summed E-state index contributed by atoms with van der Waals surface area (Å²) in [6.07, 6.45) is 10.3. The summed E-state index contributed by atoms with van der Waals surface area (Å²) in [6.45, 7) is 3.78. The van der Waals surface area contributed by atoms with Crippen molar-refractivity contribution in [2.75, 3.05) is 7.05 Å². The molecule has 0 bridgehead atoms. The molecule has 0 heterocycles. The van der Waals surface area contributed by atoms with Gasteiger partial charge in [0.05, 0.1) is 0 Å². The Kier molecular flexibility index (Phi) is 26.1. The molecule has 0 saturated heterocycles. The van der Waals surface area contributed by atoms with Crippen molar-refractivity contribution in [2.24, 2.45) is 0 Å². The van der Waals surface area contributed by atoms with Crippen molar-refractivity contribution in [3.05, 3.63) is 0 Å². The molecule has 0 aromatic rings.